The fraction of sp³-hybridized carbons (Fsp3) is 0.250. The smallest absolute Gasteiger partial charge is 0.194 e. The molecular formula is C8H9FO3. The summed E-state index contributed by atoms with van der Waals surface area (Å²) in [5, 5.41) is 26.6. The summed E-state index contributed by atoms with van der Waals surface area (Å²) in [6, 6.07) is 1.28. The number of aliphatic hydroxyl groups is 1. The molecule has 3 N–H and O–H groups in total. The predicted octanol–water partition coefficient (Wildman–Crippen LogP) is 1.04. The summed E-state index contributed by atoms with van der Waals surface area (Å²) >= 11 is 0. The van der Waals surface area contributed by atoms with Gasteiger partial charge in [0, 0.05) is 5.56 Å². The molecule has 3 nitrogen and oxygen atoms in total. The van der Waals surface area contributed by atoms with Gasteiger partial charge in [0.2, 0.25) is 0 Å². The quantitative estimate of drug-likeness (QED) is 0.554. The molecule has 0 amide bonds. The van der Waals surface area contributed by atoms with Crippen LogP contribution >= 0.6 is 0 Å². The fourth-order valence-electron chi connectivity index (χ4n) is 0.951. The molecule has 0 spiro atoms. The van der Waals surface area contributed by atoms with Gasteiger partial charge in [-0.3, -0.25) is 0 Å². The standard InChI is InChI=1S/C8H9FO3/c1-4-2-5(3-10)6(9)8(12)7(4)11/h2,10-12H,3H2,1H3. The van der Waals surface area contributed by atoms with Crippen molar-refractivity contribution in [3.8, 4) is 11.5 Å². The van der Waals surface area contributed by atoms with Crippen molar-refractivity contribution in [1.29, 1.82) is 0 Å². The first-order chi connectivity index (χ1) is 5.57. The largest absolute Gasteiger partial charge is 0.504 e. The zero-order valence-corrected chi connectivity index (χ0v) is 6.50. The summed E-state index contributed by atoms with van der Waals surface area (Å²) in [6.07, 6.45) is 0. The van der Waals surface area contributed by atoms with Crippen LogP contribution in [0, 0.1) is 12.7 Å². The molecule has 0 aliphatic carbocycles. The average molecular weight is 172 g/mol. The Morgan fingerprint density at radius 1 is 1.33 bits per heavy atom. The topological polar surface area (TPSA) is 60.7 Å². The number of aryl methyl sites for hydroxylation is 1. The average Bonchev–Trinajstić information content (AvgIpc) is 2.08. The third-order valence-corrected chi connectivity index (χ3v) is 1.65. The molecule has 0 radical (unpaired) electrons. The second-order valence-electron chi connectivity index (χ2n) is 2.52. The van der Waals surface area contributed by atoms with Crippen molar-refractivity contribution in [3.05, 3.63) is 23.0 Å². The Kier molecular flexibility index (Phi) is 2.19. The lowest BCUT2D eigenvalue weighted by molar-refractivity contribution is 0.271. The van der Waals surface area contributed by atoms with Crippen molar-refractivity contribution in [2.45, 2.75) is 13.5 Å². The lowest BCUT2D eigenvalue weighted by atomic mass is 10.1. The van der Waals surface area contributed by atoms with Crippen LogP contribution in [-0.2, 0) is 6.61 Å². The molecule has 12 heavy (non-hydrogen) atoms. The Hall–Kier alpha value is -1.29. The molecule has 0 unspecified atom stereocenters. The molecule has 1 aromatic rings. The van der Waals surface area contributed by atoms with Gasteiger partial charge >= 0.3 is 0 Å². The Morgan fingerprint density at radius 2 is 1.92 bits per heavy atom. The summed E-state index contributed by atoms with van der Waals surface area (Å²) in [7, 11) is 0. The second kappa shape index (κ2) is 2.98. The maximum absolute atomic E-state index is 12.9. The van der Waals surface area contributed by atoms with Crippen LogP contribution in [0.25, 0.3) is 0 Å². The Bertz CT molecular complexity index is 310. The third kappa shape index (κ3) is 1.21. The van der Waals surface area contributed by atoms with E-state index in [0.29, 0.717) is 5.56 Å². The van der Waals surface area contributed by atoms with E-state index < -0.39 is 23.9 Å². The summed E-state index contributed by atoms with van der Waals surface area (Å²) in [4.78, 5) is 0. The molecule has 0 bridgehead atoms. The van der Waals surface area contributed by atoms with Crippen molar-refractivity contribution < 1.29 is 19.7 Å². The van der Waals surface area contributed by atoms with Gasteiger partial charge in [-0.1, -0.05) is 0 Å². The predicted molar refractivity (Wildman–Crippen MR) is 40.4 cm³/mol. The highest BCUT2D eigenvalue weighted by atomic mass is 19.1. The molecule has 0 heterocycles. The van der Waals surface area contributed by atoms with Crippen molar-refractivity contribution in [1.82, 2.24) is 0 Å². The zero-order chi connectivity index (χ0) is 9.30. The summed E-state index contributed by atoms with van der Waals surface area (Å²) in [6.45, 7) is 1.01. The maximum atomic E-state index is 12.9. The van der Waals surface area contributed by atoms with Gasteiger partial charge in [0.1, 0.15) is 0 Å². The molecular weight excluding hydrogens is 163 g/mol. The van der Waals surface area contributed by atoms with Crippen LogP contribution in [0.15, 0.2) is 6.07 Å². The first-order valence-corrected chi connectivity index (χ1v) is 3.38. The van der Waals surface area contributed by atoms with E-state index in [1.54, 1.807) is 0 Å². The van der Waals surface area contributed by atoms with Crippen LogP contribution in [0.5, 0.6) is 11.5 Å². The van der Waals surface area contributed by atoms with Gasteiger partial charge in [0.25, 0.3) is 0 Å². The highest BCUT2D eigenvalue weighted by Gasteiger charge is 2.13. The zero-order valence-electron chi connectivity index (χ0n) is 6.50. The van der Waals surface area contributed by atoms with Gasteiger partial charge < -0.3 is 15.3 Å². The van der Waals surface area contributed by atoms with Crippen molar-refractivity contribution in [3.63, 3.8) is 0 Å². The highest BCUT2D eigenvalue weighted by molar-refractivity contribution is 5.47. The number of hydrogen-bond acceptors (Lipinski definition) is 3. The van der Waals surface area contributed by atoms with E-state index >= 15 is 0 Å². The number of phenolic OH excluding ortho intramolecular Hbond substituents is 2. The molecule has 1 rings (SSSR count). The molecule has 66 valence electrons. The lowest BCUT2D eigenvalue weighted by Crippen LogP contribution is -1.92. The summed E-state index contributed by atoms with van der Waals surface area (Å²) < 4.78 is 12.9. The van der Waals surface area contributed by atoms with E-state index in [1.807, 2.05) is 0 Å². The molecule has 0 saturated carbocycles. The van der Waals surface area contributed by atoms with Crippen LogP contribution in [0.2, 0.25) is 0 Å². The number of aromatic hydroxyl groups is 2. The maximum Gasteiger partial charge on any atom is 0.194 e. The minimum Gasteiger partial charge on any atom is -0.504 e. The molecule has 0 atom stereocenters. The minimum atomic E-state index is -0.972. The highest BCUT2D eigenvalue weighted by Crippen LogP contribution is 2.33. The first-order valence-electron chi connectivity index (χ1n) is 3.38. The Balaban J connectivity index is 3.39. The third-order valence-electron chi connectivity index (χ3n) is 1.65. The van der Waals surface area contributed by atoms with Crippen LogP contribution in [-0.4, -0.2) is 15.3 Å². The van der Waals surface area contributed by atoms with Gasteiger partial charge in [0.05, 0.1) is 6.61 Å². The van der Waals surface area contributed by atoms with E-state index in [4.69, 9.17) is 15.3 Å². The molecule has 4 heteroatoms. The normalized spacial score (nSPS) is 10.2. The monoisotopic (exact) mass is 172 g/mol. The number of halogens is 1. The van der Waals surface area contributed by atoms with Crippen molar-refractivity contribution >= 4 is 0 Å². The van der Waals surface area contributed by atoms with E-state index in [-0.39, 0.29) is 5.56 Å². The van der Waals surface area contributed by atoms with Gasteiger partial charge in [0.15, 0.2) is 17.3 Å². The van der Waals surface area contributed by atoms with Crippen LogP contribution in [0.3, 0.4) is 0 Å². The second-order valence-corrected chi connectivity index (χ2v) is 2.52. The molecule has 0 aromatic heterocycles. The van der Waals surface area contributed by atoms with Crippen LogP contribution < -0.4 is 0 Å². The van der Waals surface area contributed by atoms with Gasteiger partial charge in [-0.05, 0) is 18.6 Å². The van der Waals surface area contributed by atoms with Crippen molar-refractivity contribution in [2.24, 2.45) is 0 Å². The van der Waals surface area contributed by atoms with Crippen LogP contribution in [0.4, 0.5) is 4.39 Å². The van der Waals surface area contributed by atoms with E-state index in [2.05, 4.69) is 0 Å². The SMILES string of the molecule is Cc1cc(CO)c(F)c(O)c1O. The van der Waals surface area contributed by atoms with Gasteiger partial charge in [-0.2, -0.15) is 0 Å². The lowest BCUT2D eigenvalue weighted by Gasteiger charge is -2.06. The minimum absolute atomic E-state index is 0.0252. The fourth-order valence-corrected chi connectivity index (χ4v) is 0.951. The number of hydrogen-bond donors (Lipinski definition) is 3. The first kappa shape index (κ1) is 8.80. The van der Waals surface area contributed by atoms with E-state index in [1.165, 1.54) is 13.0 Å². The summed E-state index contributed by atoms with van der Waals surface area (Å²) in [5.41, 5.74) is 0.306. The summed E-state index contributed by atoms with van der Waals surface area (Å²) in [5.74, 6) is -2.26. The molecule has 0 aliphatic rings. The molecule has 1 aromatic carbocycles. The Labute approximate surface area is 68.7 Å². The van der Waals surface area contributed by atoms with Gasteiger partial charge in [-0.25, -0.2) is 4.39 Å². The molecule has 0 fully saturated rings. The number of phenols is 2. The van der Waals surface area contributed by atoms with Crippen molar-refractivity contribution in [2.75, 3.05) is 0 Å². The number of benzene rings is 1. The number of rotatable bonds is 1. The van der Waals surface area contributed by atoms with E-state index in [0.717, 1.165) is 0 Å². The van der Waals surface area contributed by atoms with Gasteiger partial charge in [-0.15, -0.1) is 0 Å². The molecule has 0 saturated heterocycles. The van der Waals surface area contributed by atoms with Crippen LogP contribution in [0.1, 0.15) is 11.1 Å². The van der Waals surface area contributed by atoms with E-state index in [9.17, 15) is 4.39 Å². The number of aliphatic hydroxyl groups excluding tert-OH is 1. The molecule has 0 aliphatic heterocycles. The Morgan fingerprint density at radius 3 is 2.42 bits per heavy atom.